The Bertz CT molecular complexity index is 1180. The molecule has 1 amide bonds. The number of hydrogen-bond donors (Lipinski definition) is 0. The Labute approximate surface area is 194 Å². The molecule has 0 radical (unpaired) electrons. The van der Waals surface area contributed by atoms with Gasteiger partial charge in [-0.3, -0.25) is 14.5 Å². The highest BCUT2D eigenvalue weighted by molar-refractivity contribution is 5.82. The van der Waals surface area contributed by atoms with Gasteiger partial charge in [0.1, 0.15) is 24.2 Å². The third-order valence-corrected chi connectivity index (χ3v) is 6.30. The van der Waals surface area contributed by atoms with E-state index in [2.05, 4.69) is 37.8 Å². The number of hydrogen-bond acceptors (Lipinski definition) is 5. The Kier molecular flexibility index (Phi) is 6.56. The van der Waals surface area contributed by atoms with Crippen LogP contribution in [0.2, 0.25) is 0 Å². The van der Waals surface area contributed by atoms with Crippen LogP contribution in [0.1, 0.15) is 33.3 Å². The van der Waals surface area contributed by atoms with Crippen molar-refractivity contribution in [3.8, 4) is 16.9 Å². The summed E-state index contributed by atoms with van der Waals surface area (Å²) in [5, 5.41) is 0.542. The van der Waals surface area contributed by atoms with Gasteiger partial charge in [-0.15, -0.1) is 0 Å². The zero-order valence-corrected chi connectivity index (χ0v) is 19.9. The maximum atomic E-state index is 13.1. The molecular weight excluding hydrogens is 416 g/mol. The molecule has 1 fully saturated rings. The van der Waals surface area contributed by atoms with Crippen LogP contribution in [0.5, 0.6) is 5.75 Å². The third kappa shape index (κ3) is 5.28. The highest BCUT2D eigenvalue weighted by Gasteiger charge is 2.18. The first kappa shape index (κ1) is 23.1. The summed E-state index contributed by atoms with van der Waals surface area (Å²) in [6.45, 7) is 12.7. The van der Waals surface area contributed by atoms with E-state index >= 15 is 0 Å². The molecule has 2 aromatic carbocycles. The molecular formula is C27H32N2O4. The van der Waals surface area contributed by atoms with Gasteiger partial charge in [-0.05, 0) is 28.7 Å². The molecule has 6 heteroatoms. The molecule has 0 aliphatic carbocycles. The lowest BCUT2D eigenvalue weighted by atomic mass is 9.86. The maximum Gasteiger partial charge on any atom is 0.219 e. The number of benzene rings is 2. The molecule has 33 heavy (non-hydrogen) atoms. The first-order valence-electron chi connectivity index (χ1n) is 11.5. The highest BCUT2D eigenvalue weighted by Crippen LogP contribution is 2.27. The molecule has 0 spiro atoms. The number of rotatable bonds is 5. The van der Waals surface area contributed by atoms with Crippen LogP contribution in [-0.4, -0.2) is 55.0 Å². The lowest BCUT2D eigenvalue weighted by molar-refractivity contribution is -0.130. The third-order valence-electron chi connectivity index (χ3n) is 6.30. The number of carbonyl (C=O) groups is 1. The van der Waals surface area contributed by atoms with E-state index < -0.39 is 0 Å². The summed E-state index contributed by atoms with van der Waals surface area (Å²) in [6, 6.07) is 13.5. The minimum atomic E-state index is -0.0466. The number of amides is 1. The fourth-order valence-electron chi connectivity index (χ4n) is 4.13. The van der Waals surface area contributed by atoms with Gasteiger partial charge in [0.25, 0.3) is 0 Å². The normalized spacial score (nSPS) is 15.1. The van der Waals surface area contributed by atoms with Gasteiger partial charge in [-0.1, -0.05) is 45.0 Å². The maximum absolute atomic E-state index is 13.1. The van der Waals surface area contributed by atoms with E-state index in [4.69, 9.17) is 9.15 Å². The number of piperazine rings is 1. The van der Waals surface area contributed by atoms with Crippen LogP contribution in [0, 0.1) is 0 Å². The van der Waals surface area contributed by atoms with Crippen LogP contribution < -0.4 is 10.2 Å². The summed E-state index contributed by atoms with van der Waals surface area (Å²) < 4.78 is 11.7. The largest absolute Gasteiger partial charge is 0.492 e. The number of fused-ring (bicyclic) bond motifs is 1. The Morgan fingerprint density at radius 1 is 1.03 bits per heavy atom. The molecule has 2 heterocycles. The standard InChI is InChI=1S/C27H32N2O4/c1-19(30)29-13-11-28(12-14-29)15-16-32-22-9-10-23-25(17-22)33-18-24(26(23)31)20-5-7-21(8-6-20)27(2,3)4/h5-10,17-18H,11-16H2,1-4H3. The van der Waals surface area contributed by atoms with Gasteiger partial charge in [0.15, 0.2) is 5.43 Å². The van der Waals surface area contributed by atoms with Crippen molar-refractivity contribution in [1.82, 2.24) is 9.80 Å². The van der Waals surface area contributed by atoms with E-state index in [1.54, 1.807) is 19.1 Å². The summed E-state index contributed by atoms with van der Waals surface area (Å²) in [5.74, 6) is 0.809. The van der Waals surface area contributed by atoms with E-state index in [9.17, 15) is 9.59 Å². The molecule has 0 atom stereocenters. The fraction of sp³-hybridized carbons (Fsp3) is 0.407. The van der Waals surface area contributed by atoms with E-state index in [0.29, 0.717) is 28.9 Å². The van der Waals surface area contributed by atoms with Gasteiger partial charge in [-0.2, -0.15) is 0 Å². The molecule has 4 rings (SSSR count). The zero-order chi connectivity index (χ0) is 23.6. The van der Waals surface area contributed by atoms with Gasteiger partial charge in [0, 0.05) is 45.7 Å². The summed E-state index contributed by atoms with van der Waals surface area (Å²) >= 11 is 0. The van der Waals surface area contributed by atoms with Crippen LogP contribution in [0.3, 0.4) is 0 Å². The Balaban J connectivity index is 1.42. The van der Waals surface area contributed by atoms with Crippen LogP contribution in [0.15, 0.2) is 57.9 Å². The average Bonchev–Trinajstić information content (AvgIpc) is 2.79. The van der Waals surface area contributed by atoms with E-state index in [0.717, 1.165) is 38.3 Å². The lowest BCUT2D eigenvalue weighted by Crippen LogP contribution is -2.48. The van der Waals surface area contributed by atoms with Crippen molar-refractivity contribution in [2.45, 2.75) is 33.1 Å². The van der Waals surface area contributed by atoms with Crippen molar-refractivity contribution in [2.75, 3.05) is 39.3 Å². The van der Waals surface area contributed by atoms with Gasteiger partial charge in [0.2, 0.25) is 5.91 Å². The molecule has 1 saturated heterocycles. The number of ether oxygens (including phenoxy) is 1. The Morgan fingerprint density at radius 2 is 1.73 bits per heavy atom. The molecule has 0 bridgehead atoms. The molecule has 1 aliphatic rings. The Morgan fingerprint density at radius 3 is 2.36 bits per heavy atom. The second-order valence-corrected chi connectivity index (χ2v) is 9.66. The van der Waals surface area contributed by atoms with Crippen LogP contribution >= 0.6 is 0 Å². The highest BCUT2D eigenvalue weighted by atomic mass is 16.5. The predicted molar refractivity (Wildman–Crippen MR) is 131 cm³/mol. The SMILES string of the molecule is CC(=O)N1CCN(CCOc2ccc3c(=O)c(-c4ccc(C(C)(C)C)cc4)coc3c2)CC1. The molecule has 1 aliphatic heterocycles. The molecule has 1 aromatic heterocycles. The molecule has 0 unspecified atom stereocenters. The summed E-state index contributed by atoms with van der Waals surface area (Å²) in [5.41, 5.74) is 3.16. The predicted octanol–water partition coefficient (Wildman–Crippen LogP) is 4.30. The second kappa shape index (κ2) is 9.40. The van der Waals surface area contributed by atoms with Crippen molar-refractivity contribution in [2.24, 2.45) is 0 Å². The lowest BCUT2D eigenvalue weighted by Gasteiger charge is -2.34. The fourth-order valence-corrected chi connectivity index (χ4v) is 4.13. The van der Waals surface area contributed by atoms with Crippen LogP contribution in [0.25, 0.3) is 22.1 Å². The van der Waals surface area contributed by atoms with Gasteiger partial charge >= 0.3 is 0 Å². The topological polar surface area (TPSA) is 63.0 Å². The number of carbonyl (C=O) groups excluding carboxylic acids is 1. The first-order valence-corrected chi connectivity index (χ1v) is 11.5. The zero-order valence-electron chi connectivity index (χ0n) is 19.9. The molecule has 0 saturated carbocycles. The summed E-state index contributed by atoms with van der Waals surface area (Å²) in [6.07, 6.45) is 1.54. The quantitative estimate of drug-likeness (QED) is 0.582. The van der Waals surface area contributed by atoms with Gasteiger partial charge < -0.3 is 14.1 Å². The molecule has 174 valence electrons. The number of nitrogens with zero attached hydrogens (tertiary/aromatic N) is 2. The van der Waals surface area contributed by atoms with Gasteiger partial charge in [0.05, 0.1) is 10.9 Å². The van der Waals surface area contributed by atoms with E-state index in [1.165, 1.54) is 11.8 Å². The second-order valence-electron chi connectivity index (χ2n) is 9.66. The first-order chi connectivity index (χ1) is 15.7. The van der Waals surface area contributed by atoms with E-state index in [-0.39, 0.29) is 16.8 Å². The summed E-state index contributed by atoms with van der Waals surface area (Å²) in [7, 11) is 0. The van der Waals surface area contributed by atoms with Crippen molar-refractivity contribution >= 4 is 16.9 Å². The van der Waals surface area contributed by atoms with Gasteiger partial charge in [-0.25, -0.2) is 0 Å². The van der Waals surface area contributed by atoms with Crippen LogP contribution in [0.4, 0.5) is 0 Å². The smallest absolute Gasteiger partial charge is 0.219 e. The minimum Gasteiger partial charge on any atom is -0.492 e. The van der Waals surface area contributed by atoms with Crippen molar-refractivity contribution in [3.05, 3.63) is 64.5 Å². The molecule has 3 aromatic rings. The minimum absolute atomic E-state index is 0.0466. The molecule has 6 nitrogen and oxygen atoms in total. The van der Waals surface area contributed by atoms with Crippen molar-refractivity contribution < 1.29 is 13.9 Å². The van der Waals surface area contributed by atoms with Crippen molar-refractivity contribution in [1.29, 1.82) is 0 Å². The Hall–Kier alpha value is -3.12. The van der Waals surface area contributed by atoms with Crippen molar-refractivity contribution in [3.63, 3.8) is 0 Å². The monoisotopic (exact) mass is 448 g/mol. The summed E-state index contributed by atoms with van der Waals surface area (Å²) in [4.78, 5) is 28.7. The molecule has 0 N–H and O–H groups in total. The average molecular weight is 449 g/mol. The van der Waals surface area contributed by atoms with Crippen LogP contribution in [-0.2, 0) is 10.2 Å². The van der Waals surface area contributed by atoms with E-state index in [1.807, 2.05) is 23.1 Å².